The Kier molecular flexibility index (Phi) is 5.85. The van der Waals surface area contributed by atoms with E-state index in [1.807, 2.05) is 6.92 Å². The quantitative estimate of drug-likeness (QED) is 0.874. The van der Waals surface area contributed by atoms with Crippen molar-refractivity contribution in [1.82, 2.24) is 0 Å². The fourth-order valence-corrected chi connectivity index (χ4v) is 1.79. The summed E-state index contributed by atoms with van der Waals surface area (Å²) in [7, 11) is 0. The van der Waals surface area contributed by atoms with Gasteiger partial charge in [-0.3, -0.25) is 0 Å². The first-order valence-corrected chi connectivity index (χ1v) is 6.27. The van der Waals surface area contributed by atoms with E-state index in [9.17, 15) is 8.78 Å². The highest BCUT2D eigenvalue weighted by atomic mass is 79.9. The van der Waals surface area contributed by atoms with Crippen LogP contribution >= 0.6 is 15.9 Å². The molecule has 0 aliphatic heterocycles. The SMILES string of the molecule is CCC(N)Cc1cc(OCC(F)F)ccc1Br. The average Bonchev–Trinajstić information content (AvgIpc) is 2.29. The summed E-state index contributed by atoms with van der Waals surface area (Å²) >= 11 is 3.41. The third-order valence-electron chi connectivity index (χ3n) is 2.40. The van der Waals surface area contributed by atoms with Crippen molar-refractivity contribution in [2.24, 2.45) is 5.73 Å². The standard InChI is InChI=1S/C12H16BrF2NO/c1-2-9(16)5-8-6-10(3-4-11(8)13)17-7-12(14)15/h3-4,6,9,12H,2,5,7,16H2,1H3. The van der Waals surface area contributed by atoms with Crippen LogP contribution in [-0.4, -0.2) is 19.1 Å². The van der Waals surface area contributed by atoms with Gasteiger partial charge in [0.2, 0.25) is 0 Å². The number of hydrogen-bond acceptors (Lipinski definition) is 2. The molecule has 1 unspecified atom stereocenters. The van der Waals surface area contributed by atoms with Crippen LogP contribution < -0.4 is 10.5 Å². The van der Waals surface area contributed by atoms with Gasteiger partial charge < -0.3 is 10.5 Å². The summed E-state index contributed by atoms with van der Waals surface area (Å²) in [5.41, 5.74) is 6.84. The number of rotatable bonds is 6. The number of halogens is 3. The van der Waals surface area contributed by atoms with Crippen molar-refractivity contribution >= 4 is 15.9 Å². The van der Waals surface area contributed by atoms with Gasteiger partial charge >= 0.3 is 0 Å². The molecule has 5 heteroatoms. The summed E-state index contributed by atoms with van der Waals surface area (Å²) in [5, 5.41) is 0. The van der Waals surface area contributed by atoms with Gasteiger partial charge in [0.1, 0.15) is 12.4 Å². The maximum absolute atomic E-state index is 12.0. The monoisotopic (exact) mass is 307 g/mol. The van der Waals surface area contributed by atoms with Crippen LogP contribution in [0.5, 0.6) is 5.75 Å². The lowest BCUT2D eigenvalue weighted by Gasteiger charge is -2.12. The molecular formula is C12H16BrF2NO. The van der Waals surface area contributed by atoms with Crippen molar-refractivity contribution in [2.45, 2.75) is 32.2 Å². The van der Waals surface area contributed by atoms with Crippen LogP contribution in [0.2, 0.25) is 0 Å². The predicted molar refractivity (Wildman–Crippen MR) is 67.6 cm³/mol. The molecule has 17 heavy (non-hydrogen) atoms. The molecule has 1 rings (SSSR count). The van der Waals surface area contributed by atoms with Crippen molar-refractivity contribution < 1.29 is 13.5 Å². The first-order valence-electron chi connectivity index (χ1n) is 5.47. The van der Waals surface area contributed by atoms with Crippen LogP contribution in [0.25, 0.3) is 0 Å². The van der Waals surface area contributed by atoms with Gasteiger partial charge in [0.05, 0.1) is 0 Å². The van der Waals surface area contributed by atoms with Crippen molar-refractivity contribution in [2.75, 3.05) is 6.61 Å². The Bertz CT molecular complexity index is 360. The van der Waals surface area contributed by atoms with Crippen LogP contribution in [0.4, 0.5) is 8.78 Å². The van der Waals surface area contributed by atoms with Gasteiger partial charge in [-0.05, 0) is 36.6 Å². The molecule has 0 heterocycles. The zero-order chi connectivity index (χ0) is 12.8. The largest absolute Gasteiger partial charge is 0.488 e. The van der Waals surface area contributed by atoms with Crippen molar-refractivity contribution in [1.29, 1.82) is 0 Å². The van der Waals surface area contributed by atoms with Gasteiger partial charge in [-0.2, -0.15) is 0 Å². The Labute approximate surface area is 108 Å². The van der Waals surface area contributed by atoms with E-state index in [0.717, 1.165) is 16.5 Å². The summed E-state index contributed by atoms with van der Waals surface area (Å²) in [6.07, 6.45) is -0.891. The van der Waals surface area contributed by atoms with Crippen LogP contribution in [0.3, 0.4) is 0 Å². The van der Waals surface area contributed by atoms with Gasteiger partial charge in [0, 0.05) is 10.5 Å². The molecule has 96 valence electrons. The minimum atomic E-state index is -2.46. The second kappa shape index (κ2) is 6.91. The van der Waals surface area contributed by atoms with Gasteiger partial charge in [-0.25, -0.2) is 8.78 Å². The van der Waals surface area contributed by atoms with Crippen LogP contribution in [0.15, 0.2) is 22.7 Å². The third-order valence-corrected chi connectivity index (χ3v) is 3.17. The highest BCUT2D eigenvalue weighted by Gasteiger charge is 2.08. The molecule has 0 radical (unpaired) electrons. The fourth-order valence-electron chi connectivity index (χ4n) is 1.38. The fraction of sp³-hybridized carbons (Fsp3) is 0.500. The number of alkyl halides is 2. The molecule has 0 saturated heterocycles. The molecule has 2 N–H and O–H groups in total. The van der Waals surface area contributed by atoms with E-state index in [1.54, 1.807) is 18.2 Å². The zero-order valence-electron chi connectivity index (χ0n) is 9.63. The van der Waals surface area contributed by atoms with E-state index in [1.165, 1.54) is 0 Å². The van der Waals surface area contributed by atoms with Gasteiger partial charge in [0.25, 0.3) is 6.43 Å². The molecule has 0 spiro atoms. The average molecular weight is 308 g/mol. The minimum Gasteiger partial charge on any atom is -0.488 e. The van der Waals surface area contributed by atoms with Crippen molar-refractivity contribution in [3.05, 3.63) is 28.2 Å². The molecule has 0 aliphatic carbocycles. The Balaban J connectivity index is 2.72. The summed E-state index contributed by atoms with van der Waals surface area (Å²) in [4.78, 5) is 0. The van der Waals surface area contributed by atoms with Gasteiger partial charge in [-0.1, -0.05) is 22.9 Å². The summed E-state index contributed by atoms with van der Waals surface area (Å²) in [5.74, 6) is 0.451. The smallest absolute Gasteiger partial charge is 0.272 e. The topological polar surface area (TPSA) is 35.2 Å². The molecule has 1 aromatic rings. The zero-order valence-corrected chi connectivity index (χ0v) is 11.2. The highest BCUT2D eigenvalue weighted by molar-refractivity contribution is 9.10. The number of benzene rings is 1. The maximum Gasteiger partial charge on any atom is 0.272 e. The van der Waals surface area contributed by atoms with Gasteiger partial charge in [-0.15, -0.1) is 0 Å². The molecule has 0 saturated carbocycles. The van der Waals surface area contributed by atoms with E-state index in [0.29, 0.717) is 12.2 Å². The third kappa shape index (κ3) is 5.00. The summed E-state index contributed by atoms with van der Waals surface area (Å²) in [6, 6.07) is 5.27. The molecule has 1 atom stereocenters. The van der Waals surface area contributed by atoms with Crippen molar-refractivity contribution in [3.8, 4) is 5.75 Å². The van der Waals surface area contributed by atoms with Gasteiger partial charge in [0.15, 0.2) is 0 Å². The number of nitrogens with two attached hydrogens (primary N) is 1. The molecule has 0 aliphatic rings. The second-order valence-electron chi connectivity index (χ2n) is 3.83. The lowest BCUT2D eigenvalue weighted by molar-refractivity contribution is 0.0818. The van der Waals surface area contributed by atoms with E-state index in [2.05, 4.69) is 15.9 Å². The Hall–Kier alpha value is -0.680. The van der Waals surface area contributed by atoms with E-state index < -0.39 is 13.0 Å². The maximum atomic E-state index is 12.0. The second-order valence-corrected chi connectivity index (χ2v) is 4.68. The van der Waals surface area contributed by atoms with Crippen molar-refractivity contribution in [3.63, 3.8) is 0 Å². The summed E-state index contributed by atoms with van der Waals surface area (Å²) in [6.45, 7) is 1.43. The lowest BCUT2D eigenvalue weighted by Crippen LogP contribution is -2.21. The molecule has 1 aromatic carbocycles. The Morgan fingerprint density at radius 3 is 2.71 bits per heavy atom. The molecule has 0 aromatic heterocycles. The minimum absolute atomic E-state index is 0.0663. The van der Waals surface area contributed by atoms with E-state index in [4.69, 9.17) is 10.5 Å². The van der Waals surface area contributed by atoms with Crippen LogP contribution in [0.1, 0.15) is 18.9 Å². The lowest BCUT2D eigenvalue weighted by atomic mass is 10.0. The first-order chi connectivity index (χ1) is 8.02. The predicted octanol–water partition coefficient (Wildman–Crippen LogP) is 3.37. The van der Waals surface area contributed by atoms with E-state index in [-0.39, 0.29) is 6.04 Å². The van der Waals surface area contributed by atoms with Crippen LogP contribution in [-0.2, 0) is 6.42 Å². The molecule has 0 amide bonds. The molecule has 0 fully saturated rings. The number of ether oxygens (including phenoxy) is 1. The molecular weight excluding hydrogens is 292 g/mol. The first kappa shape index (κ1) is 14.4. The normalized spacial score (nSPS) is 12.8. The number of hydrogen-bond donors (Lipinski definition) is 1. The molecule has 2 nitrogen and oxygen atoms in total. The van der Waals surface area contributed by atoms with Crippen LogP contribution in [0, 0.1) is 0 Å². The highest BCUT2D eigenvalue weighted by Crippen LogP contribution is 2.24. The Morgan fingerprint density at radius 2 is 2.12 bits per heavy atom. The molecule has 0 bridgehead atoms. The van der Waals surface area contributed by atoms with E-state index >= 15 is 0 Å². The Morgan fingerprint density at radius 1 is 1.41 bits per heavy atom. The summed E-state index contributed by atoms with van der Waals surface area (Å²) < 4.78 is 29.9.